The third-order valence-electron chi connectivity index (χ3n) is 2.52. The second-order valence-electron chi connectivity index (χ2n) is 4.17. The lowest BCUT2D eigenvalue weighted by molar-refractivity contribution is 0.194. The Hall–Kier alpha value is -0.860. The normalized spacial score (nSPS) is 11.7. The molecule has 0 aliphatic carbocycles. The molecule has 6 nitrogen and oxygen atoms in total. The number of nitrogens with zero attached hydrogens (tertiary/aromatic N) is 1. The number of rotatable bonds is 9. The van der Waals surface area contributed by atoms with E-state index in [4.69, 9.17) is 10.5 Å². The molecule has 0 aromatic carbocycles. The quantitative estimate of drug-likeness (QED) is 0.675. The van der Waals surface area contributed by atoms with Crippen LogP contribution in [0.15, 0.2) is 4.90 Å². The summed E-state index contributed by atoms with van der Waals surface area (Å²) >= 11 is 1.10. The molecule has 0 bridgehead atoms. The number of sulfone groups is 1. The Bertz CT molecular complexity index is 485. The summed E-state index contributed by atoms with van der Waals surface area (Å²) in [4.78, 5) is 0.158. The van der Waals surface area contributed by atoms with Crippen molar-refractivity contribution < 1.29 is 13.2 Å². The van der Waals surface area contributed by atoms with Gasteiger partial charge in [0.05, 0.1) is 5.75 Å². The summed E-state index contributed by atoms with van der Waals surface area (Å²) < 4.78 is 33.1. The van der Waals surface area contributed by atoms with Crippen molar-refractivity contribution in [3.05, 3.63) is 0 Å². The molecule has 0 amide bonds. The molecule has 0 saturated carbocycles. The molecule has 1 aromatic rings. The van der Waals surface area contributed by atoms with Gasteiger partial charge < -0.3 is 15.8 Å². The maximum atomic E-state index is 12.1. The molecule has 0 spiro atoms. The van der Waals surface area contributed by atoms with Crippen LogP contribution in [0.25, 0.3) is 0 Å². The number of unbranched alkanes of at least 4 members (excludes halogenated alkanes) is 1. The lowest BCUT2D eigenvalue weighted by Crippen LogP contribution is -2.11. The van der Waals surface area contributed by atoms with Crippen LogP contribution in [0.2, 0.25) is 0 Å². The number of nitrogen functional groups attached to an aromatic ring is 1. The van der Waals surface area contributed by atoms with Gasteiger partial charge >= 0.3 is 0 Å². The molecule has 0 aliphatic heterocycles. The molecule has 1 heterocycles. The summed E-state index contributed by atoms with van der Waals surface area (Å²) in [5.41, 5.74) is 5.67. The second kappa shape index (κ2) is 7.66. The van der Waals surface area contributed by atoms with Crippen LogP contribution in [-0.4, -0.2) is 38.8 Å². The topological polar surface area (TPSA) is 94.3 Å². The van der Waals surface area contributed by atoms with Crippen LogP contribution in [0.4, 0.5) is 10.8 Å². The molecular formula is C11H21N3O3S2. The number of hydrogen-bond donors (Lipinski definition) is 2. The van der Waals surface area contributed by atoms with Crippen LogP contribution in [0, 0.1) is 0 Å². The van der Waals surface area contributed by atoms with E-state index in [0.29, 0.717) is 24.6 Å². The van der Waals surface area contributed by atoms with Gasteiger partial charge in [0.2, 0.25) is 0 Å². The van der Waals surface area contributed by atoms with Crippen LogP contribution < -0.4 is 11.1 Å². The fourth-order valence-corrected chi connectivity index (χ4v) is 4.30. The first-order valence-electron chi connectivity index (χ1n) is 6.23. The van der Waals surface area contributed by atoms with Gasteiger partial charge in [-0.25, -0.2) is 8.42 Å². The molecule has 1 aromatic heterocycles. The van der Waals surface area contributed by atoms with E-state index >= 15 is 0 Å². The lowest BCUT2D eigenvalue weighted by atomic mass is 10.3. The smallest absolute Gasteiger partial charge is 0.185 e. The number of hydrogen-bond acceptors (Lipinski definition) is 7. The minimum Gasteiger partial charge on any atom is -0.385 e. The molecule has 0 radical (unpaired) electrons. The summed E-state index contributed by atoms with van der Waals surface area (Å²) in [7, 11) is -1.68. The van der Waals surface area contributed by atoms with Crippen LogP contribution in [0.3, 0.4) is 0 Å². The van der Waals surface area contributed by atoms with E-state index in [1.54, 1.807) is 7.11 Å². The molecule has 0 atom stereocenters. The van der Waals surface area contributed by atoms with Crippen molar-refractivity contribution in [1.29, 1.82) is 0 Å². The van der Waals surface area contributed by atoms with Gasteiger partial charge in [0.15, 0.2) is 15.7 Å². The van der Waals surface area contributed by atoms with Crippen molar-refractivity contribution in [3.63, 3.8) is 0 Å². The first-order chi connectivity index (χ1) is 9.03. The first-order valence-corrected chi connectivity index (χ1v) is 8.66. The monoisotopic (exact) mass is 307 g/mol. The second-order valence-corrected chi connectivity index (χ2v) is 6.99. The number of methoxy groups -OCH3 is 1. The largest absolute Gasteiger partial charge is 0.385 e. The van der Waals surface area contributed by atoms with E-state index in [1.165, 1.54) is 0 Å². The van der Waals surface area contributed by atoms with Crippen LogP contribution in [0.5, 0.6) is 0 Å². The fourth-order valence-electron chi connectivity index (χ4n) is 1.65. The molecular weight excluding hydrogens is 286 g/mol. The third kappa shape index (κ3) is 4.63. The maximum Gasteiger partial charge on any atom is 0.185 e. The van der Waals surface area contributed by atoms with Gasteiger partial charge in [0, 0.05) is 20.3 Å². The predicted octanol–water partition coefficient (Wildman–Crippen LogP) is 1.75. The Morgan fingerprint density at radius 3 is 2.79 bits per heavy atom. The standard InChI is InChI=1S/C11H21N3O3S2/c1-3-8-19(15,16)9-10(12)14-18-11(9)13-6-4-5-7-17-2/h13H,3-8H2,1-2H3,(H2,12,14). The van der Waals surface area contributed by atoms with Gasteiger partial charge in [-0.3, -0.25) is 0 Å². The van der Waals surface area contributed by atoms with E-state index in [2.05, 4.69) is 9.69 Å². The van der Waals surface area contributed by atoms with Gasteiger partial charge in [-0.05, 0) is 30.8 Å². The highest BCUT2D eigenvalue weighted by molar-refractivity contribution is 7.91. The van der Waals surface area contributed by atoms with Gasteiger partial charge in [-0.1, -0.05) is 6.92 Å². The zero-order valence-electron chi connectivity index (χ0n) is 11.3. The summed E-state index contributed by atoms with van der Waals surface area (Å²) in [6, 6.07) is 0. The average Bonchev–Trinajstić information content (AvgIpc) is 2.71. The fraction of sp³-hybridized carbons (Fsp3) is 0.727. The zero-order chi connectivity index (χ0) is 14.3. The van der Waals surface area contributed by atoms with Crippen LogP contribution in [0.1, 0.15) is 26.2 Å². The molecule has 3 N–H and O–H groups in total. The van der Waals surface area contributed by atoms with Crippen molar-refractivity contribution in [2.75, 3.05) is 37.1 Å². The maximum absolute atomic E-state index is 12.1. The predicted molar refractivity (Wildman–Crippen MR) is 78.5 cm³/mol. The van der Waals surface area contributed by atoms with Crippen molar-refractivity contribution >= 4 is 32.2 Å². The highest BCUT2D eigenvalue weighted by Crippen LogP contribution is 2.32. The van der Waals surface area contributed by atoms with Crippen molar-refractivity contribution in [2.24, 2.45) is 0 Å². The van der Waals surface area contributed by atoms with Crippen molar-refractivity contribution in [2.45, 2.75) is 31.1 Å². The van der Waals surface area contributed by atoms with Gasteiger partial charge in [0.1, 0.15) is 9.90 Å². The molecule has 1 rings (SSSR count). The molecule has 0 unspecified atom stereocenters. The molecule has 0 aliphatic rings. The number of nitrogens with one attached hydrogen (secondary N) is 1. The third-order valence-corrected chi connectivity index (χ3v) is 5.45. The number of ether oxygens (including phenoxy) is 1. The first kappa shape index (κ1) is 16.2. The number of anilines is 2. The Balaban J connectivity index is 2.70. The summed E-state index contributed by atoms with van der Waals surface area (Å²) in [6.45, 7) is 3.21. The minimum absolute atomic E-state index is 0.0912. The van der Waals surface area contributed by atoms with Gasteiger partial charge in [-0.2, -0.15) is 4.37 Å². The highest BCUT2D eigenvalue weighted by Gasteiger charge is 2.24. The summed E-state index contributed by atoms with van der Waals surface area (Å²) in [5.74, 6) is 0.186. The SMILES string of the molecule is CCCS(=O)(=O)c1c(N)nsc1NCCCCOC. The van der Waals surface area contributed by atoms with E-state index in [9.17, 15) is 8.42 Å². The summed E-state index contributed by atoms with van der Waals surface area (Å²) in [5, 5.41) is 3.64. The van der Waals surface area contributed by atoms with Crippen molar-refractivity contribution in [3.8, 4) is 0 Å². The van der Waals surface area contributed by atoms with E-state index in [1.807, 2.05) is 6.92 Å². The van der Waals surface area contributed by atoms with E-state index < -0.39 is 9.84 Å². The Morgan fingerprint density at radius 2 is 2.16 bits per heavy atom. The van der Waals surface area contributed by atoms with Gasteiger partial charge in [-0.15, -0.1) is 0 Å². The molecule has 0 fully saturated rings. The Kier molecular flexibility index (Phi) is 6.53. The van der Waals surface area contributed by atoms with Crippen LogP contribution >= 0.6 is 11.5 Å². The van der Waals surface area contributed by atoms with E-state index in [-0.39, 0.29) is 16.5 Å². The van der Waals surface area contributed by atoms with E-state index in [0.717, 1.165) is 24.4 Å². The van der Waals surface area contributed by atoms with Crippen LogP contribution in [-0.2, 0) is 14.6 Å². The highest BCUT2D eigenvalue weighted by atomic mass is 32.2. The average molecular weight is 307 g/mol. The zero-order valence-corrected chi connectivity index (χ0v) is 12.9. The molecule has 19 heavy (non-hydrogen) atoms. The van der Waals surface area contributed by atoms with Crippen molar-refractivity contribution in [1.82, 2.24) is 4.37 Å². The minimum atomic E-state index is -3.34. The number of aromatic nitrogens is 1. The molecule has 8 heteroatoms. The number of nitrogens with two attached hydrogens (primary N) is 1. The Morgan fingerprint density at radius 1 is 1.42 bits per heavy atom. The van der Waals surface area contributed by atoms with Gasteiger partial charge in [0.25, 0.3) is 0 Å². The summed E-state index contributed by atoms with van der Waals surface area (Å²) in [6.07, 6.45) is 2.39. The molecule has 110 valence electrons. The Labute approximate surface area is 118 Å². The molecule has 0 saturated heterocycles. The lowest BCUT2D eigenvalue weighted by Gasteiger charge is -2.07.